The van der Waals surface area contributed by atoms with Gasteiger partial charge in [-0.05, 0) is 35.4 Å². The molecule has 2 heterocycles. The van der Waals surface area contributed by atoms with Crippen molar-refractivity contribution in [1.29, 1.82) is 0 Å². The minimum atomic E-state index is -4.82. The van der Waals surface area contributed by atoms with Gasteiger partial charge in [0.25, 0.3) is 0 Å². The molecule has 0 unspecified atom stereocenters. The van der Waals surface area contributed by atoms with Crippen molar-refractivity contribution < 1.29 is 22.6 Å². The molecule has 0 aliphatic carbocycles. The highest BCUT2D eigenvalue weighted by atomic mass is 35.5. The Morgan fingerprint density at radius 3 is 2.46 bits per heavy atom. The van der Waals surface area contributed by atoms with Crippen LogP contribution in [0.3, 0.4) is 0 Å². The number of ether oxygens (including phenoxy) is 2. The van der Waals surface area contributed by atoms with E-state index in [2.05, 4.69) is 20.0 Å². The number of hydrogen-bond donors (Lipinski definition) is 0. The highest BCUT2D eigenvalue weighted by Crippen LogP contribution is 2.37. The molecule has 28 heavy (non-hydrogen) atoms. The smallest absolute Gasteiger partial charge is 0.437 e. The topological polar surface area (TPSA) is 61.5 Å². The third-order valence-electron chi connectivity index (χ3n) is 3.69. The van der Waals surface area contributed by atoms with Crippen LogP contribution in [-0.2, 0) is 0 Å². The molecule has 0 aliphatic rings. The molecule has 4 rings (SSSR count). The molecule has 0 aliphatic heterocycles. The molecule has 6 nitrogen and oxygen atoms in total. The number of halogens is 4. The molecule has 0 fully saturated rings. The Kier molecular flexibility index (Phi) is 4.52. The van der Waals surface area contributed by atoms with Crippen molar-refractivity contribution in [3.05, 3.63) is 65.9 Å². The maximum absolute atomic E-state index is 12.6. The van der Waals surface area contributed by atoms with Crippen molar-refractivity contribution in [3.8, 4) is 28.5 Å². The molecule has 0 bridgehead atoms. The summed E-state index contributed by atoms with van der Waals surface area (Å²) in [5.41, 5.74) is 1.71. The second-order valence-electron chi connectivity index (χ2n) is 5.58. The van der Waals surface area contributed by atoms with Crippen LogP contribution in [0.5, 0.6) is 17.4 Å². The van der Waals surface area contributed by atoms with Gasteiger partial charge in [0.1, 0.15) is 11.5 Å². The number of hydrogen-bond acceptors (Lipinski definition) is 5. The number of nitrogens with zero attached hydrogens (tertiary/aromatic N) is 4. The van der Waals surface area contributed by atoms with Gasteiger partial charge in [-0.2, -0.15) is 4.52 Å². The van der Waals surface area contributed by atoms with Crippen LogP contribution in [0.1, 0.15) is 0 Å². The summed E-state index contributed by atoms with van der Waals surface area (Å²) in [5.74, 6) is -0.190. The maximum atomic E-state index is 12.6. The van der Waals surface area contributed by atoms with E-state index in [1.165, 1.54) is 22.7 Å². The minimum Gasteiger partial charge on any atom is -0.437 e. The van der Waals surface area contributed by atoms with Crippen molar-refractivity contribution in [2.45, 2.75) is 6.36 Å². The lowest BCUT2D eigenvalue weighted by molar-refractivity contribution is -0.274. The van der Waals surface area contributed by atoms with Crippen LogP contribution in [0, 0.1) is 0 Å². The van der Waals surface area contributed by atoms with Crippen molar-refractivity contribution in [3.63, 3.8) is 0 Å². The summed E-state index contributed by atoms with van der Waals surface area (Å²) < 4.78 is 48.8. The lowest BCUT2D eigenvalue weighted by atomic mass is 10.0. The fourth-order valence-electron chi connectivity index (χ4n) is 2.55. The predicted molar refractivity (Wildman–Crippen MR) is 94.4 cm³/mol. The largest absolute Gasteiger partial charge is 0.573 e. The Labute approximate surface area is 161 Å². The Morgan fingerprint density at radius 1 is 0.929 bits per heavy atom. The SMILES string of the molecule is FC(F)(F)Oc1ccc(-c2ccccc2)c(Oc2ccc3nnc(Cl)n3n2)c1. The second-order valence-corrected chi connectivity index (χ2v) is 5.92. The van der Waals surface area contributed by atoms with Gasteiger partial charge in [-0.1, -0.05) is 30.3 Å². The van der Waals surface area contributed by atoms with Crippen LogP contribution < -0.4 is 9.47 Å². The number of alkyl halides is 3. The molecule has 0 atom stereocenters. The van der Waals surface area contributed by atoms with Crippen LogP contribution in [0.15, 0.2) is 60.7 Å². The van der Waals surface area contributed by atoms with Crippen LogP contribution in [-0.4, -0.2) is 26.2 Å². The summed E-state index contributed by atoms with van der Waals surface area (Å²) in [7, 11) is 0. The van der Waals surface area contributed by atoms with Crippen molar-refractivity contribution in [2.75, 3.05) is 0 Å². The molecule has 0 saturated heterocycles. The fraction of sp³-hybridized carbons (Fsp3) is 0.0556. The molecule has 0 spiro atoms. The fourth-order valence-corrected chi connectivity index (χ4v) is 2.72. The minimum absolute atomic E-state index is 0.0258. The molecule has 0 radical (unpaired) electrons. The van der Waals surface area contributed by atoms with E-state index >= 15 is 0 Å². The highest BCUT2D eigenvalue weighted by Gasteiger charge is 2.31. The molecule has 2 aromatic heterocycles. The van der Waals surface area contributed by atoms with E-state index in [4.69, 9.17) is 16.3 Å². The van der Waals surface area contributed by atoms with Gasteiger partial charge in [0.2, 0.25) is 11.2 Å². The predicted octanol–water partition coefficient (Wildman–Crippen LogP) is 5.14. The van der Waals surface area contributed by atoms with Crippen molar-refractivity contribution in [1.82, 2.24) is 19.8 Å². The summed E-state index contributed by atoms with van der Waals surface area (Å²) >= 11 is 5.90. The zero-order chi connectivity index (χ0) is 19.7. The number of aromatic nitrogens is 4. The Balaban J connectivity index is 1.77. The van der Waals surface area contributed by atoms with E-state index in [0.717, 1.165) is 11.6 Å². The normalized spacial score (nSPS) is 11.6. The standard InChI is InChI=1S/C18H10ClF3N4O2/c19-17-24-23-15-8-9-16(25-26(15)17)27-14-10-12(28-18(20,21)22)6-7-13(14)11-4-2-1-3-5-11/h1-10H. The third-order valence-corrected chi connectivity index (χ3v) is 3.92. The molecule has 142 valence electrons. The van der Waals surface area contributed by atoms with E-state index in [0.29, 0.717) is 11.2 Å². The first kappa shape index (κ1) is 18.1. The molecule has 0 N–H and O–H groups in total. The summed E-state index contributed by atoms with van der Waals surface area (Å²) in [4.78, 5) is 0. The molecule has 10 heteroatoms. The van der Waals surface area contributed by atoms with Gasteiger partial charge < -0.3 is 9.47 Å². The van der Waals surface area contributed by atoms with Gasteiger partial charge in [0.15, 0.2) is 5.65 Å². The highest BCUT2D eigenvalue weighted by molar-refractivity contribution is 6.28. The summed E-state index contributed by atoms with van der Waals surface area (Å²) in [5, 5.41) is 11.7. The van der Waals surface area contributed by atoms with Crippen molar-refractivity contribution in [2.24, 2.45) is 0 Å². The first-order chi connectivity index (χ1) is 13.4. The van der Waals surface area contributed by atoms with E-state index in [9.17, 15) is 13.2 Å². The quantitative estimate of drug-likeness (QED) is 0.470. The lowest BCUT2D eigenvalue weighted by Gasteiger charge is -2.14. The Bertz CT molecular complexity index is 1130. The van der Waals surface area contributed by atoms with Crippen LogP contribution in [0.25, 0.3) is 16.8 Å². The van der Waals surface area contributed by atoms with Gasteiger partial charge in [0, 0.05) is 17.7 Å². The Hall–Kier alpha value is -3.33. The number of fused-ring (bicyclic) bond motifs is 1. The number of benzene rings is 2. The van der Waals surface area contributed by atoms with Gasteiger partial charge in [-0.15, -0.1) is 28.5 Å². The molecule has 0 amide bonds. The lowest BCUT2D eigenvalue weighted by Crippen LogP contribution is -2.17. The van der Waals surface area contributed by atoms with E-state index in [1.807, 2.05) is 6.07 Å². The second kappa shape index (κ2) is 7.01. The molecule has 2 aromatic carbocycles. The molecular weight excluding hydrogens is 397 g/mol. The molecule has 0 saturated carbocycles. The zero-order valence-electron chi connectivity index (χ0n) is 13.9. The first-order valence-corrected chi connectivity index (χ1v) is 8.28. The maximum Gasteiger partial charge on any atom is 0.573 e. The zero-order valence-corrected chi connectivity index (χ0v) is 14.6. The first-order valence-electron chi connectivity index (χ1n) is 7.90. The van der Waals surface area contributed by atoms with Crippen LogP contribution in [0.2, 0.25) is 5.28 Å². The van der Waals surface area contributed by atoms with Gasteiger partial charge >= 0.3 is 6.36 Å². The van der Waals surface area contributed by atoms with E-state index in [1.54, 1.807) is 30.3 Å². The average molecular weight is 407 g/mol. The summed E-state index contributed by atoms with van der Waals surface area (Å²) in [6.45, 7) is 0. The van der Waals surface area contributed by atoms with E-state index < -0.39 is 12.1 Å². The van der Waals surface area contributed by atoms with Gasteiger partial charge in [-0.3, -0.25) is 0 Å². The molecular formula is C18H10ClF3N4O2. The van der Waals surface area contributed by atoms with Crippen LogP contribution in [0.4, 0.5) is 13.2 Å². The monoisotopic (exact) mass is 406 g/mol. The number of rotatable bonds is 4. The van der Waals surface area contributed by atoms with Crippen LogP contribution >= 0.6 is 11.6 Å². The summed E-state index contributed by atoms with van der Waals surface area (Å²) in [6, 6.07) is 16.0. The molecule has 4 aromatic rings. The average Bonchev–Trinajstić information content (AvgIpc) is 3.02. The van der Waals surface area contributed by atoms with Gasteiger partial charge in [-0.25, -0.2) is 0 Å². The third kappa shape index (κ3) is 3.84. The Morgan fingerprint density at radius 2 is 1.71 bits per heavy atom. The van der Waals surface area contributed by atoms with Crippen molar-refractivity contribution >= 4 is 17.2 Å². The summed E-state index contributed by atoms with van der Waals surface area (Å²) in [6.07, 6.45) is -4.82. The van der Waals surface area contributed by atoms with Gasteiger partial charge in [0.05, 0.1) is 0 Å². The van der Waals surface area contributed by atoms with E-state index in [-0.39, 0.29) is 16.9 Å².